The van der Waals surface area contributed by atoms with Crippen molar-refractivity contribution in [3.05, 3.63) is 70.6 Å². The lowest BCUT2D eigenvalue weighted by molar-refractivity contribution is 0.248. The minimum atomic E-state index is -0.0257. The van der Waals surface area contributed by atoms with Gasteiger partial charge in [-0.05, 0) is 30.7 Å². The highest BCUT2D eigenvalue weighted by molar-refractivity contribution is 5.74. The molecule has 2 aromatic carbocycles. The Balaban J connectivity index is 1.41. The Morgan fingerprint density at radius 2 is 1.65 bits per heavy atom. The van der Waals surface area contributed by atoms with Crippen LogP contribution in [0.25, 0.3) is 11.0 Å². The molecule has 26 heavy (non-hydrogen) atoms. The lowest BCUT2D eigenvalue weighted by Gasteiger charge is -2.36. The van der Waals surface area contributed by atoms with E-state index in [1.54, 1.807) is 0 Å². The molecule has 0 bridgehead atoms. The fraction of sp³-hybridized carbons (Fsp3) is 0.333. The largest absolute Gasteiger partial charge is 0.369 e. The van der Waals surface area contributed by atoms with E-state index in [4.69, 9.17) is 0 Å². The van der Waals surface area contributed by atoms with Crippen molar-refractivity contribution in [3.63, 3.8) is 0 Å². The van der Waals surface area contributed by atoms with Crippen molar-refractivity contribution in [1.82, 2.24) is 14.5 Å². The van der Waals surface area contributed by atoms with Gasteiger partial charge in [0.2, 0.25) is 0 Å². The molecule has 0 spiro atoms. The van der Waals surface area contributed by atoms with Gasteiger partial charge in [-0.3, -0.25) is 9.69 Å². The highest BCUT2D eigenvalue weighted by atomic mass is 16.1. The number of nitrogens with zero attached hydrogens (tertiary/aromatic N) is 4. The van der Waals surface area contributed by atoms with Gasteiger partial charge < -0.3 is 9.47 Å². The van der Waals surface area contributed by atoms with E-state index in [2.05, 4.69) is 46.0 Å². The van der Waals surface area contributed by atoms with E-state index in [9.17, 15) is 4.79 Å². The summed E-state index contributed by atoms with van der Waals surface area (Å²) in [4.78, 5) is 21.4. The highest BCUT2D eigenvalue weighted by Gasteiger charge is 2.18. The Hall–Kier alpha value is -2.66. The summed E-state index contributed by atoms with van der Waals surface area (Å²) in [5.74, 6) is 0. The first-order valence-corrected chi connectivity index (χ1v) is 9.20. The number of fused-ring (bicyclic) bond motifs is 1. The average molecular weight is 348 g/mol. The van der Waals surface area contributed by atoms with E-state index in [0.29, 0.717) is 6.54 Å². The fourth-order valence-electron chi connectivity index (χ4n) is 3.72. The van der Waals surface area contributed by atoms with Crippen molar-refractivity contribution in [2.24, 2.45) is 0 Å². The van der Waals surface area contributed by atoms with Gasteiger partial charge in [0.05, 0.1) is 17.2 Å². The first kappa shape index (κ1) is 16.8. The highest BCUT2D eigenvalue weighted by Crippen LogP contribution is 2.20. The summed E-state index contributed by atoms with van der Waals surface area (Å²) < 4.78 is 1.84. The maximum absolute atomic E-state index is 12.3. The molecule has 5 nitrogen and oxygen atoms in total. The molecule has 1 aliphatic heterocycles. The third kappa shape index (κ3) is 3.35. The van der Waals surface area contributed by atoms with Gasteiger partial charge in [0, 0.05) is 45.0 Å². The molecule has 3 aromatic rings. The second-order valence-corrected chi connectivity index (χ2v) is 6.85. The molecule has 1 aliphatic rings. The maximum atomic E-state index is 12.3. The Morgan fingerprint density at radius 1 is 0.923 bits per heavy atom. The number of aromatic nitrogens is 2. The van der Waals surface area contributed by atoms with Gasteiger partial charge in [0.1, 0.15) is 0 Å². The molecular formula is C21H24N4O. The van der Waals surface area contributed by atoms with E-state index in [1.165, 1.54) is 17.4 Å². The normalized spacial score (nSPS) is 15.5. The van der Waals surface area contributed by atoms with Crippen molar-refractivity contribution < 1.29 is 0 Å². The minimum absolute atomic E-state index is 0.0257. The Bertz CT molecular complexity index is 957. The van der Waals surface area contributed by atoms with Gasteiger partial charge in [-0.15, -0.1) is 0 Å². The molecule has 0 atom stereocenters. The van der Waals surface area contributed by atoms with Crippen LogP contribution in [0.4, 0.5) is 5.69 Å². The number of hydrogen-bond donors (Lipinski definition) is 0. The van der Waals surface area contributed by atoms with Gasteiger partial charge in [0.25, 0.3) is 5.56 Å². The van der Waals surface area contributed by atoms with Gasteiger partial charge >= 0.3 is 0 Å². The molecule has 0 saturated carbocycles. The van der Waals surface area contributed by atoms with Crippen LogP contribution in [-0.2, 0) is 6.54 Å². The van der Waals surface area contributed by atoms with Crippen LogP contribution in [0.3, 0.4) is 0 Å². The monoisotopic (exact) mass is 348 g/mol. The Kier molecular flexibility index (Phi) is 4.71. The molecular weight excluding hydrogens is 324 g/mol. The molecule has 0 N–H and O–H groups in total. The number of benzene rings is 2. The van der Waals surface area contributed by atoms with Gasteiger partial charge in [0.15, 0.2) is 0 Å². The van der Waals surface area contributed by atoms with Crippen molar-refractivity contribution in [2.45, 2.75) is 13.5 Å². The Morgan fingerprint density at radius 3 is 2.46 bits per heavy atom. The topological polar surface area (TPSA) is 41.4 Å². The van der Waals surface area contributed by atoms with Crippen LogP contribution >= 0.6 is 0 Å². The molecule has 5 heteroatoms. The van der Waals surface area contributed by atoms with Gasteiger partial charge in [-0.2, -0.15) is 0 Å². The fourth-order valence-corrected chi connectivity index (χ4v) is 3.72. The van der Waals surface area contributed by atoms with E-state index >= 15 is 0 Å². The van der Waals surface area contributed by atoms with E-state index < -0.39 is 0 Å². The molecule has 1 fully saturated rings. The van der Waals surface area contributed by atoms with E-state index in [0.717, 1.165) is 43.8 Å². The van der Waals surface area contributed by atoms with Gasteiger partial charge in [-0.25, -0.2) is 4.98 Å². The quantitative estimate of drug-likeness (QED) is 0.727. The van der Waals surface area contributed by atoms with Gasteiger partial charge in [-0.1, -0.05) is 30.3 Å². The molecule has 0 radical (unpaired) electrons. The maximum Gasteiger partial charge on any atom is 0.269 e. The van der Waals surface area contributed by atoms with Crippen molar-refractivity contribution in [3.8, 4) is 0 Å². The molecule has 2 heterocycles. The second kappa shape index (κ2) is 7.30. The number of para-hydroxylation sites is 3. The van der Waals surface area contributed by atoms with Crippen LogP contribution in [0, 0.1) is 6.92 Å². The number of hydrogen-bond acceptors (Lipinski definition) is 4. The first-order valence-electron chi connectivity index (χ1n) is 9.20. The molecule has 1 aromatic heterocycles. The van der Waals surface area contributed by atoms with Crippen LogP contribution in [-0.4, -0.2) is 47.2 Å². The SMILES string of the molecule is Cc1ccccc1N1CCN(CCn2c(=O)cnc3ccccc32)CC1. The first-order chi connectivity index (χ1) is 12.7. The lowest BCUT2D eigenvalue weighted by atomic mass is 10.1. The predicted molar refractivity (Wildman–Crippen MR) is 106 cm³/mol. The number of aryl methyl sites for hydroxylation is 1. The third-order valence-electron chi connectivity index (χ3n) is 5.22. The zero-order chi connectivity index (χ0) is 17.9. The zero-order valence-electron chi connectivity index (χ0n) is 15.1. The zero-order valence-corrected chi connectivity index (χ0v) is 15.1. The lowest BCUT2D eigenvalue weighted by Crippen LogP contribution is -2.47. The number of piperazine rings is 1. The van der Waals surface area contributed by atoms with Crippen LogP contribution in [0.5, 0.6) is 0 Å². The summed E-state index contributed by atoms with van der Waals surface area (Å²) in [6.07, 6.45) is 1.43. The molecule has 4 rings (SSSR count). The third-order valence-corrected chi connectivity index (χ3v) is 5.22. The summed E-state index contributed by atoms with van der Waals surface area (Å²) >= 11 is 0. The van der Waals surface area contributed by atoms with Crippen LogP contribution in [0.15, 0.2) is 59.5 Å². The Labute approximate surface area is 153 Å². The minimum Gasteiger partial charge on any atom is -0.369 e. The predicted octanol–water partition coefficient (Wildman–Crippen LogP) is 2.53. The summed E-state index contributed by atoms with van der Waals surface area (Å²) in [6, 6.07) is 16.4. The smallest absolute Gasteiger partial charge is 0.269 e. The number of anilines is 1. The molecule has 0 unspecified atom stereocenters. The summed E-state index contributed by atoms with van der Waals surface area (Å²) in [5, 5.41) is 0. The average Bonchev–Trinajstić information content (AvgIpc) is 2.68. The second-order valence-electron chi connectivity index (χ2n) is 6.85. The molecule has 1 saturated heterocycles. The summed E-state index contributed by atoms with van der Waals surface area (Å²) in [6.45, 7) is 7.84. The molecule has 0 aliphatic carbocycles. The van der Waals surface area contributed by atoms with Crippen molar-refractivity contribution >= 4 is 16.7 Å². The standard InChI is InChI=1S/C21H24N4O/c1-17-6-2-4-8-19(17)24-13-10-23(11-14-24)12-15-25-20-9-5-3-7-18(20)22-16-21(25)26/h2-9,16H,10-15H2,1H3. The van der Waals surface area contributed by atoms with Crippen LogP contribution in [0.1, 0.15) is 5.56 Å². The van der Waals surface area contributed by atoms with Crippen molar-refractivity contribution in [2.75, 3.05) is 37.6 Å². The summed E-state index contributed by atoms with van der Waals surface area (Å²) in [5.41, 5.74) is 4.43. The van der Waals surface area contributed by atoms with E-state index in [1.807, 2.05) is 28.8 Å². The molecule has 134 valence electrons. The van der Waals surface area contributed by atoms with Crippen LogP contribution < -0.4 is 10.5 Å². The number of rotatable bonds is 4. The van der Waals surface area contributed by atoms with E-state index in [-0.39, 0.29) is 5.56 Å². The summed E-state index contributed by atoms with van der Waals surface area (Å²) in [7, 11) is 0. The van der Waals surface area contributed by atoms with Crippen molar-refractivity contribution in [1.29, 1.82) is 0 Å². The van der Waals surface area contributed by atoms with Crippen LogP contribution in [0.2, 0.25) is 0 Å². The molecule has 0 amide bonds.